The molecule has 2 aliphatic rings. The summed E-state index contributed by atoms with van der Waals surface area (Å²) in [5.41, 5.74) is 3.98. The maximum atomic E-state index is 6.19. The van der Waals surface area contributed by atoms with Gasteiger partial charge >= 0.3 is 0 Å². The van der Waals surface area contributed by atoms with Gasteiger partial charge in [0.05, 0.1) is 5.52 Å². The lowest BCUT2D eigenvalue weighted by Crippen LogP contribution is -2.47. The zero-order chi connectivity index (χ0) is 27.5. The molecule has 9 nitrogen and oxygen atoms in total. The van der Waals surface area contributed by atoms with Crippen molar-refractivity contribution in [2.24, 2.45) is 0 Å². The van der Waals surface area contributed by atoms with Crippen LogP contribution in [0.4, 0.5) is 17.5 Å². The van der Waals surface area contributed by atoms with E-state index in [2.05, 4.69) is 50.1 Å². The van der Waals surface area contributed by atoms with Crippen LogP contribution in [0.1, 0.15) is 18.2 Å². The quantitative estimate of drug-likeness (QED) is 0.305. The first-order chi connectivity index (χ1) is 19.6. The lowest BCUT2D eigenvalue weighted by molar-refractivity contribution is 0.174. The van der Waals surface area contributed by atoms with Gasteiger partial charge in [-0.3, -0.25) is 4.98 Å². The molecule has 2 aromatic heterocycles. The molecule has 4 heterocycles. The van der Waals surface area contributed by atoms with Crippen molar-refractivity contribution in [1.82, 2.24) is 19.9 Å². The Bertz CT molecular complexity index is 1490. The molecule has 0 atom stereocenters. The van der Waals surface area contributed by atoms with E-state index in [0.29, 0.717) is 18.1 Å². The SMILES string of the molecule is CCN1CCN(c2nc(C)cc(N(CCNc3ccnc4cc(Cl)ccc34)Cc3ccc4c(c3)OCO4)n2)CC1. The third-order valence-electron chi connectivity index (χ3n) is 7.47. The lowest BCUT2D eigenvalue weighted by Gasteiger charge is -2.34. The van der Waals surface area contributed by atoms with E-state index >= 15 is 0 Å². The maximum absolute atomic E-state index is 6.19. The molecule has 2 aromatic carbocycles. The molecule has 1 N–H and O–H groups in total. The van der Waals surface area contributed by atoms with Crippen LogP contribution in [-0.2, 0) is 6.54 Å². The fourth-order valence-corrected chi connectivity index (χ4v) is 5.41. The van der Waals surface area contributed by atoms with Gasteiger partial charge < -0.3 is 29.5 Å². The fourth-order valence-electron chi connectivity index (χ4n) is 5.24. The van der Waals surface area contributed by atoms with Crippen LogP contribution in [-0.4, -0.2) is 72.5 Å². The van der Waals surface area contributed by atoms with Gasteiger partial charge in [0.25, 0.3) is 0 Å². The Morgan fingerprint density at radius 1 is 0.975 bits per heavy atom. The minimum absolute atomic E-state index is 0.261. The van der Waals surface area contributed by atoms with Gasteiger partial charge in [-0.1, -0.05) is 24.6 Å². The first-order valence-electron chi connectivity index (χ1n) is 13.8. The van der Waals surface area contributed by atoms with Gasteiger partial charge in [-0.25, -0.2) is 4.98 Å². The second kappa shape index (κ2) is 11.7. The smallest absolute Gasteiger partial charge is 0.231 e. The minimum atomic E-state index is 0.261. The Morgan fingerprint density at radius 3 is 2.67 bits per heavy atom. The van der Waals surface area contributed by atoms with E-state index in [-0.39, 0.29) is 6.79 Å². The van der Waals surface area contributed by atoms with Crippen LogP contribution < -0.4 is 24.6 Å². The number of aromatic nitrogens is 3. The average molecular weight is 560 g/mol. The predicted octanol–water partition coefficient (Wildman–Crippen LogP) is 4.98. The maximum Gasteiger partial charge on any atom is 0.231 e. The van der Waals surface area contributed by atoms with Crippen molar-refractivity contribution in [2.45, 2.75) is 20.4 Å². The number of anilines is 3. The molecule has 0 aliphatic carbocycles. The summed E-state index contributed by atoms with van der Waals surface area (Å²) >= 11 is 6.19. The number of likely N-dealkylation sites (N-methyl/N-ethyl adjacent to an activating group) is 1. The Morgan fingerprint density at radius 2 is 1.82 bits per heavy atom. The standard InChI is InChI=1S/C30H34ClN7O2/c1-3-36-12-14-37(15-13-36)30-34-21(2)16-29(35-30)38(19-22-4-7-27-28(17-22)40-20-39-27)11-10-33-25-8-9-32-26-18-23(31)5-6-24(25)26/h4-9,16-18H,3,10-15,19-20H2,1-2H3,(H,32,33). The molecule has 10 heteroatoms. The van der Waals surface area contributed by atoms with Crippen LogP contribution in [0.3, 0.4) is 0 Å². The molecule has 0 radical (unpaired) electrons. The highest BCUT2D eigenvalue weighted by Gasteiger charge is 2.21. The van der Waals surface area contributed by atoms with Crippen LogP contribution in [0.5, 0.6) is 11.5 Å². The summed E-state index contributed by atoms with van der Waals surface area (Å²) in [5.74, 6) is 3.27. The number of piperazine rings is 1. The Balaban J connectivity index is 1.25. The second-order valence-electron chi connectivity index (χ2n) is 10.1. The van der Waals surface area contributed by atoms with E-state index in [4.69, 9.17) is 31.0 Å². The molecule has 208 valence electrons. The lowest BCUT2D eigenvalue weighted by atomic mass is 10.1. The molecular weight excluding hydrogens is 526 g/mol. The van der Waals surface area contributed by atoms with Gasteiger partial charge in [-0.2, -0.15) is 4.98 Å². The molecule has 40 heavy (non-hydrogen) atoms. The van der Waals surface area contributed by atoms with E-state index < -0.39 is 0 Å². The van der Waals surface area contributed by atoms with E-state index in [9.17, 15) is 0 Å². The van der Waals surface area contributed by atoms with Crippen molar-refractivity contribution >= 4 is 40.0 Å². The predicted molar refractivity (Wildman–Crippen MR) is 160 cm³/mol. The first kappa shape index (κ1) is 26.4. The van der Waals surface area contributed by atoms with Crippen molar-refractivity contribution in [3.05, 3.63) is 71.0 Å². The number of rotatable bonds is 9. The van der Waals surface area contributed by atoms with Crippen molar-refractivity contribution in [1.29, 1.82) is 0 Å². The average Bonchev–Trinajstić information content (AvgIpc) is 3.44. The zero-order valence-corrected chi connectivity index (χ0v) is 23.7. The van der Waals surface area contributed by atoms with Crippen molar-refractivity contribution in [3.63, 3.8) is 0 Å². The van der Waals surface area contributed by atoms with Crippen LogP contribution in [0.25, 0.3) is 10.9 Å². The number of halogens is 1. The van der Waals surface area contributed by atoms with Crippen molar-refractivity contribution in [3.8, 4) is 11.5 Å². The zero-order valence-electron chi connectivity index (χ0n) is 22.9. The molecule has 6 rings (SSSR count). The molecule has 1 fully saturated rings. The van der Waals surface area contributed by atoms with Crippen LogP contribution in [0, 0.1) is 6.92 Å². The summed E-state index contributed by atoms with van der Waals surface area (Å²) in [6.07, 6.45) is 1.81. The molecule has 1 saturated heterocycles. The summed E-state index contributed by atoms with van der Waals surface area (Å²) in [6.45, 7) is 11.6. The molecular formula is C30H34ClN7O2. The molecule has 0 saturated carbocycles. The number of nitrogens with one attached hydrogen (secondary N) is 1. The summed E-state index contributed by atoms with van der Waals surface area (Å²) in [4.78, 5) is 21.4. The molecule has 4 aromatic rings. The third-order valence-corrected chi connectivity index (χ3v) is 7.70. The molecule has 0 bridgehead atoms. The second-order valence-corrected chi connectivity index (χ2v) is 10.6. The summed E-state index contributed by atoms with van der Waals surface area (Å²) < 4.78 is 11.2. The Hall–Kier alpha value is -3.82. The Kier molecular flexibility index (Phi) is 7.75. The van der Waals surface area contributed by atoms with E-state index in [1.165, 1.54) is 0 Å². The van der Waals surface area contributed by atoms with Crippen LogP contribution in [0.15, 0.2) is 54.7 Å². The van der Waals surface area contributed by atoms with Crippen LogP contribution >= 0.6 is 11.6 Å². The summed E-state index contributed by atoms with van der Waals surface area (Å²) in [6, 6.07) is 16.0. The molecule has 2 aliphatic heterocycles. The number of pyridine rings is 1. The monoisotopic (exact) mass is 559 g/mol. The minimum Gasteiger partial charge on any atom is -0.454 e. The van der Waals surface area contributed by atoms with E-state index in [1.54, 1.807) is 0 Å². The number of ether oxygens (including phenoxy) is 2. The molecule has 0 unspecified atom stereocenters. The van der Waals surface area contributed by atoms with Crippen molar-refractivity contribution in [2.75, 3.05) is 67.7 Å². The van der Waals surface area contributed by atoms with E-state index in [0.717, 1.165) is 90.4 Å². The highest BCUT2D eigenvalue weighted by molar-refractivity contribution is 6.31. The highest BCUT2D eigenvalue weighted by Crippen LogP contribution is 2.33. The van der Waals surface area contributed by atoms with Crippen molar-refractivity contribution < 1.29 is 9.47 Å². The molecule has 0 amide bonds. The number of aryl methyl sites for hydroxylation is 1. The van der Waals surface area contributed by atoms with Gasteiger partial charge in [0, 0.05) is 79.9 Å². The Labute approximate surface area is 239 Å². The highest BCUT2D eigenvalue weighted by atomic mass is 35.5. The van der Waals surface area contributed by atoms with Crippen LogP contribution in [0.2, 0.25) is 5.02 Å². The summed E-state index contributed by atoms with van der Waals surface area (Å²) in [7, 11) is 0. The van der Waals surface area contributed by atoms with Gasteiger partial charge in [-0.15, -0.1) is 0 Å². The van der Waals surface area contributed by atoms with Gasteiger partial charge in [0.15, 0.2) is 11.5 Å². The number of fused-ring (bicyclic) bond motifs is 2. The number of nitrogens with zero attached hydrogens (tertiary/aromatic N) is 6. The largest absolute Gasteiger partial charge is 0.454 e. The van der Waals surface area contributed by atoms with E-state index in [1.807, 2.05) is 43.5 Å². The van der Waals surface area contributed by atoms with Gasteiger partial charge in [0.2, 0.25) is 12.7 Å². The van der Waals surface area contributed by atoms with Gasteiger partial charge in [-0.05, 0) is 55.4 Å². The number of benzene rings is 2. The number of hydrogen-bond donors (Lipinski definition) is 1. The topological polar surface area (TPSA) is 78.9 Å². The third kappa shape index (κ3) is 5.85. The molecule has 0 spiro atoms. The van der Waals surface area contributed by atoms with Gasteiger partial charge in [0.1, 0.15) is 5.82 Å². The normalized spacial score (nSPS) is 15.0. The number of hydrogen-bond acceptors (Lipinski definition) is 9. The summed E-state index contributed by atoms with van der Waals surface area (Å²) in [5, 5.41) is 5.33. The first-order valence-corrected chi connectivity index (χ1v) is 14.2. The fraction of sp³-hybridized carbons (Fsp3) is 0.367.